The number of methoxy groups -OCH3 is 1. The van der Waals surface area contributed by atoms with E-state index in [9.17, 15) is 4.79 Å². The maximum Gasteiger partial charge on any atom is 0.256 e. The molecule has 1 unspecified atom stereocenters. The van der Waals surface area contributed by atoms with E-state index in [1.165, 1.54) is 0 Å². The lowest BCUT2D eigenvalue weighted by Crippen LogP contribution is -2.42. The largest absolute Gasteiger partial charge is 0.497 e. The minimum atomic E-state index is 0.0268. The van der Waals surface area contributed by atoms with Crippen LogP contribution in [0.3, 0.4) is 0 Å². The van der Waals surface area contributed by atoms with Gasteiger partial charge in [0.15, 0.2) is 0 Å². The van der Waals surface area contributed by atoms with Crippen molar-refractivity contribution in [3.63, 3.8) is 0 Å². The Morgan fingerprint density at radius 2 is 2.37 bits per heavy atom. The van der Waals surface area contributed by atoms with Crippen LogP contribution in [0.5, 0.6) is 5.75 Å². The molecule has 2 rings (SSSR count). The molecular formula is C14H20N2O2S. The summed E-state index contributed by atoms with van der Waals surface area (Å²) in [6.07, 6.45) is 1.09. The number of thioether (sulfide) groups is 1. The third-order valence-electron chi connectivity index (χ3n) is 3.37. The van der Waals surface area contributed by atoms with E-state index in [2.05, 4.69) is 6.92 Å². The van der Waals surface area contributed by atoms with Gasteiger partial charge >= 0.3 is 0 Å². The molecule has 1 heterocycles. The summed E-state index contributed by atoms with van der Waals surface area (Å²) in [4.78, 5) is 14.4. The number of ether oxygens (including phenoxy) is 1. The Morgan fingerprint density at radius 3 is 3.00 bits per heavy atom. The van der Waals surface area contributed by atoms with Gasteiger partial charge in [0.2, 0.25) is 0 Å². The second-order valence-corrected chi connectivity index (χ2v) is 6.01. The average Bonchev–Trinajstić information content (AvgIpc) is 2.46. The van der Waals surface area contributed by atoms with E-state index in [-0.39, 0.29) is 5.91 Å². The second-order valence-electron chi connectivity index (χ2n) is 4.61. The summed E-state index contributed by atoms with van der Waals surface area (Å²) in [5.74, 6) is 1.70. The van der Waals surface area contributed by atoms with Crippen LogP contribution in [0.2, 0.25) is 0 Å². The molecule has 1 aliphatic rings. The van der Waals surface area contributed by atoms with E-state index >= 15 is 0 Å². The summed E-state index contributed by atoms with van der Waals surface area (Å²) in [6, 6.07) is 5.22. The monoisotopic (exact) mass is 280 g/mol. The van der Waals surface area contributed by atoms with E-state index in [1.54, 1.807) is 25.3 Å². The molecule has 0 radical (unpaired) electrons. The molecule has 1 aliphatic heterocycles. The predicted molar refractivity (Wildman–Crippen MR) is 79.8 cm³/mol. The number of amides is 1. The molecule has 1 fully saturated rings. The molecule has 19 heavy (non-hydrogen) atoms. The molecule has 4 nitrogen and oxygen atoms in total. The molecule has 0 saturated carbocycles. The van der Waals surface area contributed by atoms with Crippen molar-refractivity contribution in [3.05, 3.63) is 23.8 Å². The van der Waals surface area contributed by atoms with Gasteiger partial charge in [-0.1, -0.05) is 6.92 Å². The van der Waals surface area contributed by atoms with Crippen molar-refractivity contribution in [3.8, 4) is 5.75 Å². The first-order chi connectivity index (χ1) is 9.15. The number of hydrogen-bond donors (Lipinski definition) is 1. The molecule has 104 valence electrons. The number of anilines is 1. The summed E-state index contributed by atoms with van der Waals surface area (Å²) in [5.41, 5.74) is 6.99. The van der Waals surface area contributed by atoms with Crippen LogP contribution in [-0.4, -0.2) is 42.0 Å². The summed E-state index contributed by atoms with van der Waals surface area (Å²) < 4.78 is 5.10. The van der Waals surface area contributed by atoms with Gasteiger partial charge in [-0.15, -0.1) is 0 Å². The zero-order chi connectivity index (χ0) is 13.8. The maximum absolute atomic E-state index is 12.5. The molecule has 5 heteroatoms. The molecule has 1 saturated heterocycles. The predicted octanol–water partition coefficient (Wildman–Crippen LogP) is 2.25. The Balaban J connectivity index is 2.15. The van der Waals surface area contributed by atoms with E-state index in [4.69, 9.17) is 10.5 Å². The Hall–Kier alpha value is -1.36. The van der Waals surface area contributed by atoms with Crippen LogP contribution in [0.25, 0.3) is 0 Å². The summed E-state index contributed by atoms with van der Waals surface area (Å²) >= 11 is 1.94. The van der Waals surface area contributed by atoms with Crippen LogP contribution >= 0.6 is 11.8 Å². The lowest BCUT2D eigenvalue weighted by Gasteiger charge is -2.32. The Bertz CT molecular complexity index is 465. The number of hydrogen-bond acceptors (Lipinski definition) is 4. The van der Waals surface area contributed by atoms with Gasteiger partial charge in [-0.2, -0.15) is 11.8 Å². The van der Waals surface area contributed by atoms with Gasteiger partial charge in [-0.3, -0.25) is 4.79 Å². The quantitative estimate of drug-likeness (QED) is 0.863. The van der Waals surface area contributed by atoms with E-state index < -0.39 is 0 Å². The van der Waals surface area contributed by atoms with Crippen LogP contribution < -0.4 is 10.5 Å². The van der Waals surface area contributed by atoms with Crippen molar-refractivity contribution in [1.29, 1.82) is 0 Å². The smallest absolute Gasteiger partial charge is 0.256 e. The molecular weight excluding hydrogens is 260 g/mol. The Kier molecular flexibility index (Phi) is 4.58. The van der Waals surface area contributed by atoms with Crippen LogP contribution in [-0.2, 0) is 0 Å². The summed E-state index contributed by atoms with van der Waals surface area (Å²) in [7, 11) is 1.59. The van der Waals surface area contributed by atoms with E-state index in [0.29, 0.717) is 22.3 Å². The van der Waals surface area contributed by atoms with Crippen LogP contribution in [0.1, 0.15) is 23.7 Å². The molecule has 0 aliphatic carbocycles. The molecule has 2 N–H and O–H groups in total. The maximum atomic E-state index is 12.5. The minimum absolute atomic E-state index is 0.0268. The lowest BCUT2D eigenvalue weighted by molar-refractivity contribution is 0.0762. The fourth-order valence-corrected chi connectivity index (χ4v) is 3.36. The van der Waals surface area contributed by atoms with Gasteiger partial charge in [0.25, 0.3) is 5.91 Å². The number of rotatable bonds is 3. The average molecular weight is 280 g/mol. The minimum Gasteiger partial charge on any atom is -0.497 e. The Labute approximate surface area is 118 Å². The highest BCUT2D eigenvalue weighted by Gasteiger charge is 2.25. The summed E-state index contributed by atoms with van der Waals surface area (Å²) in [5, 5.41) is 0.539. The number of nitrogens with zero attached hydrogens (tertiary/aromatic N) is 1. The number of carbonyl (C=O) groups is 1. The molecule has 1 atom stereocenters. The zero-order valence-corrected chi connectivity index (χ0v) is 12.2. The van der Waals surface area contributed by atoms with Gasteiger partial charge in [0.1, 0.15) is 5.75 Å². The molecule has 0 spiro atoms. The topological polar surface area (TPSA) is 55.6 Å². The SMILES string of the molecule is CCC1CN(C(=O)c2ccc(OC)cc2N)CCS1. The first-order valence-electron chi connectivity index (χ1n) is 6.50. The molecule has 0 bridgehead atoms. The highest BCUT2D eigenvalue weighted by molar-refractivity contribution is 8.00. The molecule has 0 aromatic heterocycles. The highest BCUT2D eigenvalue weighted by Crippen LogP contribution is 2.25. The number of carbonyl (C=O) groups excluding carboxylic acids is 1. The zero-order valence-electron chi connectivity index (χ0n) is 11.4. The van der Waals surface area contributed by atoms with Crippen molar-refractivity contribution >= 4 is 23.4 Å². The van der Waals surface area contributed by atoms with Crippen molar-refractivity contribution in [2.24, 2.45) is 0 Å². The number of nitrogen functional groups attached to an aromatic ring is 1. The van der Waals surface area contributed by atoms with Crippen molar-refractivity contribution < 1.29 is 9.53 Å². The first kappa shape index (κ1) is 14.1. The molecule has 1 amide bonds. The van der Waals surface area contributed by atoms with E-state index in [1.807, 2.05) is 16.7 Å². The standard InChI is InChI=1S/C14H20N2O2S/c1-3-11-9-16(6-7-19-11)14(17)12-5-4-10(18-2)8-13(12)15/h4-5,8,11H,3,6-7,9,15H2,1-2H3. The van der Waals surface area contributed by atoms with Gasteiger partial charge < -0.3 is 15.4 Å². The van der Waals surface area contributed by atoms with Crippen molar-refractivity contribution in [2.45, 2.75) is 18.6 Å². The fourth-order valence-electron chi connectivity index (χ4n) is 2.18. The number of benzene rings is 1. The van der Waals surface area contributed by atoms with Crippen LogP contribution in [0.15, 0.2) is 18.2 Å². The lowest BCUT2D eigenvalue weighted by atomic mass is 10.1. The fraction of sp³-hybridized carbons (Fsp3) is 0.500. The van der Waals surface area contributed by atoms with Gasteiger partial charge in [0, 0.05) is 35.8 Å². The molecule has 1 aromatic carbocycles. The third kappa shape index (κ3) is 3.15. The van der Waals surface area contributed by atoms with Gasteiger partial charge in [-0.25, -0.2) is 0 Å². The van der Waals surface area contributed by atoms with Gasteiger partial charge in [-0.05, 0) is 18.6 Å². The van der Waals surface area contributed by atoms with Crippen molar-refractivity contribution in [1.82, 2.24) is 4.90 Å². The highest BCUT2D eigenvalue weighted by atomic mass is 32.2. The van der Waals surface area contributed by atoms with Gasteiger partial charge in [0.05, 0.1) is 12.7 Å². The van der Waals surface area contributed by atoms with E-state index in [0.717, 1.165) is 25.3 Å². The van der Waals surface area contributed by atoms with Crippen LogP contribution in [0, 0.1) is 0 Å². The van der Waals surface area contributed by atoms with Crippen LogP contribution in [0.4, 0.5) is 5.69 Å². The Morgan fingerprint density at radius 1 is 1.58 bits per heavy atom. The third-order valence-corrected chi connectivity index (χ3v) is 4.74. The number of nitrogens with two attached hydrogens (primary N) is 1. The normalized spacial score (nSPS) is 19.3. The first-order valence-corrected chi connectivity index (χ1v) is 7.55. The van der Waals surface area contributed by atoms with Crippen molar-refractivity contribution in [2.75, 3.05) is 31.7 Å². The summed E-state index contributed by atoms with van der Waals surface area (Å²) in [6.45, 7) is 3.77. The second kappa shape index (κ2) is 6.19. The molecule has 1 aromatic rings.